The van der Waals surface area contributed by atoms with Crippen LogP contribution < -0.4 is 20.7 Å². The Labute approximate surface area is 246 Å². The van der Waals surface area contributed by atoms with E-state index in [0.29, 0.717) is 18.1 Å². The lowest BCUT2D eigenvalue weighted by molar-refractivity contribution is -0.130. The van der Waals surface area contributed by atoms with Gasteiger partial charge >= 0.3 is 0 Å². The van der Waals surface area contributed by atoms with E-state index < -0.39 is 0 Å². The molecule has 2 heterocycles. The molecule has 41 heavy (non-hydrogen) atoms. The fourth-order valence-corrected chi connectivity index (χ4v) is 4.56. The Kier molecular flexibility index (Phi) is 13.9. The van der Waals surface area contributed by atoms with Gasteiger partial charge in [0.2, 0.25) is 5.91 Å². The van der Waals surface area contributed by atoms with Gasteiger partial charge in [-0.25, -0.2) is 4.99 Å². The quantitative estimate of drug-likeness (QED) is 0.269. The first kappa shape index (κ1) is 32.8. The fraction of sp³-hybridized carbons (Fsp3) is 0.394. The van der Waals surface area contributed by atoms with E-state index in [4.69, 9.17) is 10.5 Å². The molecule has 2 aliphatic rings. The van der Waals surface area contributed by atoms with Crippen LogP contribution in [-0.2, 0) is 4.79 Å². The van der Waals surface area contributed by atoms with Gasteiger partial charge in [-0.15, -0.1) is 12.8 Å². The Hall–Kier alpha value is -4.38. The number of ether oxygens (including phenoxy) is 1. The summed E-state index contributed by atoms with van der Waals surface area (Å²) in [5.41, 5.74) is 10.6. The van der Waals surface area contributed by atoms with Gasteiger partial charge in [0, 0.05) is 50.8 Å². The van der Waals surface area contributed by atoms with Gasteiger partial charge < -0.3 is 30.5 Å². The van der Waals surface area contributed by atoms with Crippen molar-refractivity contribution in [2.75, 3.05) is 57.6 Å². The van der Waals surface area contributed by atoms with Crippen LogP contribution in [-0.4, -0.2) is 69.1 Å². The Morgan fingerprint density at radius 2 is 1.61 bits per heavy atom. The van der Waals surface area contributed by atoms with Crippen molar-refractivity contribution in [2.45, 2.75) is 38.5 Å². The lowest BCUT2D eigenvalue weighted by Gasteiger charge is -2.26. The molecule has 8 nitrogen and oxygen atoms in total. The number of nitrogens with zero attached hydrogens (tertiary/aromatic N) is 4. The molecule has 0 aromatic heterocycles. The van der Waals surface area contributed by atoms with Crippen molar-refractivity contribution in [3.63, 3.8) is 0 Å². The van der Waals surface area contributed by atoms with Crippen LogP contribution >= 0.6 is 0 Å². The van der Waals surface area contributed by atoms with E-state index in [1.54, 1.807) is 7.11 Å². The average molecular weight is 559 g/mol. The summed E-state index contributed by atoms with van der Waals surface area (Å²) in [7, 11) is 5.63. The molecular formula is C33H46N6O2. The van der Waals surface area contributed by atoms with Crippen LogP contribution in [0.3, 0.4) is 0 Å². The smallest absolute Gasteiger partial charge is 0.242 e. The highest BCUT2D eigenvalue weighted by Gasteiger charge is 2.21. The van der Waals surface area contributed by atoms with Gasteiger partial charge in [-0.1, -0.05) is 31.7 Å². The molecule has 3 N–H and O–H groups in total. The highest BCUT2D eigenvalue weighted by Crippen LogP contribution is 2.20. The first-order chi connectivity index (χ1) is 19.8. The third-order valence-corrected chi connectivity index (χ3v) is 6.96. The van der Waals surface area contributed by atoms with Crippen LogP contribution in [0.5, 0.6) is 5.75 Å². The minimum atomic E-state index is 0.289. The van der Waals surface area contributed by atoms with Crippen LogP contribution in [0.25, 0.3) is 5.70 Å². The SMILES string of the molecule is C#C.C=C(N=C(N)Nc1ccc(OC)cc1)c1ccc(N(C)C)cc1.C=C1CCCCCN1CC(=O)N1CCCC1. The summed E-state index contributed by atoms with van der Waals surface area (Å²) in [5.74, 6) is 1.37. The predicted octanol–water partition coefficient (Wildman–Crippen LogP) is 5.41. The number of hydrogen-bond acceptors (Lipinski definition) is 5. The van der Waals surface area contributed by atoms with Crippen LogP contribution in [0.1, 0.15) is 44.1 Å². The predicted molar refractivity (Wildman–Crippen MR) is 173 cm³/mol. The number of terminal acetylenes is 1. The number of nitrogens with two attached hydrogens (primary N) is 1. The normalized spacial score (nSPS) is 15.0. The maximum Gasteiger partial charge on any atom is 0.242 e. The summed E-state index contributed by atoms with van der Waals surface area (Å²) in [6.07, 6.45) is 15.1. The molecule has 2 aromatic rings. The number of methoxy groups -OCH3 is 1. The molecule has 2 fully saturated rings. The van der Waals surface area contributed by atoms with Gasteiger partial charge in [0.15, 0.2) is 5.96 Å². The van der Waals surface area contributed by atoms with Crippen LogP contribution in [0.15, 0.2) is 72.4 Å². The lowest BCUT2D eigenvalue weighted by atomic mass is 10.1. The van der Waals surface area contributed by atoms with E-state index in [1.807, 2.05) is 72.4 Å². The second kappa shape index (κ2) is 17.3. The van der Waals surface area contributed by atoms with E-state index >= 15 is 0 Å². The minimum absolute atomic E-state index is 0.289. The number of likely N-dealkylation sites (tertiary alicyclic amines) is 2. The first-order valence-corrected chi connectivity index (χ1v) is 14.0. The van der Waals surface area contributed by atoms with Crippen molar-refractivity contribution in [1.82, 2.24) is 9.80 Å². The highest BCUT2D eigenvalue weighted by atomic mass is 16.5. The lowest BCUT2D eigenvalue weighted by Crippen LogP contribution is -2.38. The van der Waals surface area contributed by atoms with Crippen LogP contribution in [0, 0.1) is 12.8 Å². The summed E-state index contributed by atoms with van der Waals surface area (Å²) < 4.78 is 5.12. The van der Waals surface area contributed by atoms with Crippen molar-refractivity contribution < 1.29 is 9.53 Å². The molecule has 0 aliphatic carbocycles. The number of aliphatic imine (C=N–C) groups is 1. The molecule has 4 rings (SSSR count). The average Bonchev–Trinajstić information content (AvgIpc) is 3.46. The van der Waals surface area contributed by atoms with Gasteiger partial charge in [-0.2, -0.15) is 0 Å². The number of carbonyl (C=O) groups is 1. The second-order valence-corrected chi connectivity index (χ2v) is 10.1. The van der Waals surface area contributed by atoms with Crippen molar-refractivity contribution >= 4 is 28.9 Å². The molecule has 2 aromatic carbocycles. The fourth-order valence-electron chi connectivity index (χ4n) is 4.56. The minimum Gasteiger partial charge on any atom is -0.497 e. The first-order valence-electron chi connectivity index (χ1n) is 14.0. The highest BCUT2D eigenvalue weighted by molar-refractivity contribution is 5.95. The molecule has 220 valence electrons. The number of nitrogens with one attached hydrogen (secondary N) is 1. The third-order valence-electron chi connectivity index (χ3n) is 6.96. The Morgan fingerprint density at radius 3 is 2.20 bits per heavy atom. The molecule has 0 bridgehead atoms. The topological polar surface area (TPSA) is 86.4 Å². The van der Waals surface area contributed by atoms with E-state index in [1.165, 1.54) is 32.1 Å². The number of amides is 1. The van der Waals surface area contributed by atoms with Crippen molar-refractivity contribution in [2.24, 2.45) is 10.7 Å². The second-order valence-electron chi connectivity index (χ2n) is 10.1. The zero-order valence-corrected chi connectivity index (χ0v) is 24.9. The summed E-state index contributed by atoms with van der Waals surface area (Å²) in [6, 6.07) is 15.4. The molecule has 2 aliphatic heterocycles. The van der Waals surface area contributed by atoms with Crippen LogP contribution in [0.2, 0.25) is 0 Å². The van der Waals surface area contributed by atoms with Gasteiger partial charge in [-0.3, -0.25) is 4.79 Å². The van der Waals surface area contributed by atoms with Gasteiger partial charge in [-0.05, 0) is 74.1 Å². The summed E-state index contributed by atoms with van der Waals surface area (Å²) >= 11 is 0. The Bertz CT molecular complexity index is 1160. The standard InChI is InChI=1S/C18H22N4O.C13H22N2O.C2H2/c1-13(14-5-9-16(10-6-14)22(2)3)20-18(19)21-15-7-11-17(23-4)12-8-15;1-12-7-3-2-4-10-15(12)11-13(16)14-8-5-6-9-14;1-2/h5-12H,1H2,2-4H3,(H3,19,20,21);1-11H2;1-2H. The molecule has 0 spiro atoms. The number of hydrogen-bond donors (Lipinski definition) is 2. The number of anilines is 2. The molecule has 0 unspecified atom stereocenters. The zero-order chi connectivity index (χ0) is 30.2. The van der Waals surface area contributed by atoms with Gasteiger partial charge in [0.1, 0.15) is 5.75 Å². The number of guanidine groups is 1. The number of allylic oxidation sites excluding steroid dienone is 1. The van der Waals surface area contributed by atoms with Crippen molar-refractivity contribution in [1.29, 1.82) is 0 Å². The van der Waals surface area contributed by atoms with E-state index in [0.717, 1.165) is 54.4 Å². The molecule has 2 saturated heterocycles. The third kappa shape index (κ3) is 11.0. The molecule has 0 saturated carbocycles. The number of carbonyl (C=O) groups excluding carboxylic acids is 1. The maximum absolute atomic E-state index is 12.0. The van der Waals surface area contributed by atoms with Crippen molar-refractivity contribution in [3.8, 4) is 18.6 Å². The Morgan fingerprint density at radius 1 is 1.00 bits per heavy atom. The summed E-state index contributed by atoms with van der Waals surface area (Å²) in [5, 5.41) is 3.03. The largest absolute Gasteiger partial charge is 0.497 e. The molecular weight excluding hydrogens is 512 g/mol. The van der Waals surface area contributed by atoms with Gasteiger partial charge in [0.05, 0.1) is 19.4 Å². The van der Waals surface area contributed by atoms with Crippen LogP contribution in [0.4, 0.5) is 11.4 Å². The molecule has 1 amide bonds. The molecule has 0 atom stereocenters. The molecule has 8 heteroatoms. The van der Waals surface area contributed by atoms with E-state index in [-0.39, 0.29) is 5.96 Å². The number of rotatable bonds is 7. The molecule has 0 radical (unpaired) electrons. The van der Waals surface area contributed by atoms with E-state index in [9.17, 15) is 4.79 Å². The van der Waals surface area contributed by atoms with Crippen molar-refractivity contribution in [3.05, 3.63) is 72.9 Å². The van der Waals surface area contributed by atoms with Gasteiger partial charge in [0.25, 0.3) is 0 Å². The summed E-state index contributed by atoms with van der Waals surface area (Å²) in [4.78, 5) is 22.5. The maximum atomic E-state index is 12.0. The van der Waals surface area contributed by atoms with E-state index in [2.05, 4.69) is 41.2 Å². The summed E-state index contributed by atoms with van der Waals surface area (Å²) in [6.45, 7) is 11.5. The number of benzene rings is 2. The Balaban J connectivity index is 0.000000285. The monoisotopic (exact) mass is 558 g/mol. The zero-order valence-electron chi connectivity index (χ0n) is 24.9.